The maximum atomic E-state index is 12.6. The minimum Gasteiger partial charge on any atom is -0.320 e. The molecule has 0 unspecified atom stereocenters. The molecule has 25 heavy (non-hydrogen) atoms. The van der Waals surface area contributed by atoms with Crippen LogP contribution in [0, 0.1) is 27.7 Å². The Bertz CT molecular complexity index is 942. The number of anilines is 1. The number of carbonyl (C=O) groups is 1. The summed E-state index contributed by atoms with van der Waals surface area (Å²) in [6.07, 6.45) is 0. The number of benzene rings is 2. The van der Waals surface area contributed by atoms with E-state index in [0.717, 1.165) is 22.4 Å². The van der Waals surface area contributed by atoms with Crippen molar-refractivity contribution in [2.75, 3.05) is 5.32 Å². The van der Waals surface area contributed by atoms with E-state index in [1.807, 2.05) is 45.9 Å². The molecular formula is C19H19ClN4O. The third-order valence-electron chi connectivity index (χ3n) is 4.01. The second-order valence-corrected chi connectivity index (χ2v) is 6.63. The summed E-state index contributed by atoms with van der Waals surface area (Å²) in [6, 6.07) is 11.5. The highest BCUT2D eigenvalue weighted by molar-refractivity contribution is 6.31. The molecule has 3 aromatic rings. The topological polar surface area (TPSA) is 59.8 Å². The molecule has 1 aromatic heterocycles. The Hall–Kier alpha value is -2.66. The second kappa shape index (κ2) is 6.69. The van der Waals surface area contributed by atoms with Gasteiger partial charge in [0.25, 0.3) is 5.91 Å². The Balaban J connectivity index is 1.92. The number of nitrogens with one attached hydrogen (secondary N) is 1. The Morgan fingerprint density at radius 3 is 2.40 bits per heavy atom. The predicted molar refractivity (Wildman–Crippen MR) is 99.7 cm³/mol. The molecule has 5 nitrogen and oxygen atoms in total. The molecule has 0 atom stereocenters. The van der Waals surface area contributed by atoms with Crippen LogP contribution >= 0.6 is 11.6 Å². The van der Waals surface area contributed by atoms with Gasteiger partial charge in [-0.1, -0.05) is 28.9 Å². The lowest BCUT2D eigenvalue weighted by molar-refractivity contribution is 0.102. The van der Waals surface area contributed by atoms with Crippen LogP contribution in [0.5, 0.6) is 0 Å². The molecule has 0 aliphatic carbocycles. The SMILES string of the molecule is Cc1cc(C)cc(-n2nnc(C(=O)Nc3cc(Cl)ccc3C)c2C)c1. The normalized spacial score (nSPS) is 10.8. The van der Waals surface area contributed by atoms with Crippen molar-refractivity contribution in [2.45, 2.75) is 27.7 Å². The summed E-state index contributed by atoms with van der Waals surface area (Å²) in [7, 11) is 0. The van der Waals surface area contributed by atoms with Gasteiger partial charge in [-0.15, -0.1) is 5.10 Å². The Morgan fingerprint density at radius 2 is 1.72 bits per heavy atom. The molecule has 1 amide bonds. The molecule has 0 spiro atoms. The van der Waals surface area contributed by atoms with Crippen molar-refractivity contribution in [2.24, 2.45) is 0 Å². The number of aryl methyl sites for hydroxylation is 3. The first-order valence-electron chi connectivity index (χ1n) is 7.93. The first-order chi connectivity index (χ1) is 11.8. The molecule has 0 aliphatic rings. The first kappa shape index (κ1) is 17.2. The summed E-state index contributed by atoms with van der Waals surface area (Å²) in [5, 5.41) is 11.6. The zero-order valence-electron chi connectivity index (χ0n) is 14.6. The van der Waals surface area contributed by atoms with Gasteiger partial charge >= 0.3 is 0 Å². The summed E-state index contributed by atoms with van der Waals surface area (Å²) < 4.78 is 1.68. The molecule has 0 saturated carbocycles. The van der Waals surface area contributed by atoms with Crippen molar-refractivity contribution in [3.63, 3.8) is 0 Å². The number of nitrogens with zero attached hydrogens (tertiary/aromatic N) is 3. The van der Waals surface area contributed by atoms with Gasteiger partial charge in [0.15, 0.2) is 5.69 Å². The fourth-order valence-electron chi connectivity index (χ4n) is 2.77. The van der Waals surface area contributed by atoms with Gasteiger partial charge in [-0.05, 0) is 68.7 Å². The van der Waals surface area contributed by atoms with Crippen molar-refractivity contribution in [3.05, 3.63) is 69.5 Å². The van der Waals surface area contributed by atoms with Crippen LogP contribution in [-0.4, -0.2) is 20.9 Å². The van der Waals surface area contributed by atoms with Crippen molar-refractivity contribution in [3.8, 4) is 5.69 Å². The number of halogens is 1. The van der Waals surface area contributed by atoms with Crippen LogP contribution in [0.4, 0.5) is 5.69 Å². The Kier molecular flexibility index (Phi) is 4.59. The maximum Gasteiger partial charge on any atom is 0.278 e. The van der Waals surface area contributed by atoms with Crippen LogP contribution in [0.15, 0.2) is 36.4 Å². The largest absolute Gasteiger partial charge is 0.320 e. The highest BCUT2D eigenvalue weighted by atomic mass is 35.5. The van der Waals surface area contributed by atoms with Gasteiger partial charge in [-0.3, -0.25) is 4.79 Å². The molecule has 0 aliphatic heterocycles. The highest BCUT2D eigenvalue weighted by Gasteiger charge is 2.18. The number of amides is 1. The van der Waals surface area contributed by atoms with Crippen LogP contribution in [0.3, 0.4) is 0 Å². The molecule has 0 bridgehead atoms. The van der Waals surface area contributed by atoms with Gasteiger partial charge in [0, 0.05) is 10.7 Å². The number of hydrogen-bond donors (Lipinski definition) is 1. The molecule has 2 aromatic carbocycles. The molecule has 0 saturated heterocycles. The molecule has 128 valence electrons. The average molecular weight is 355 g/mol. The smallest absolute Gasteiger partial charge is 0.278 e. The minimum absolute atomic E-state index is 0.290. The molecule has 0 fully saturated rings. The number of rotatable bonds is 3. The van der Waals surface area contributed by atoms with Crippen LogP contribution < -0.4 is 5.32 Å². The van der Waals surface area contributed by atoms with Crippen LogP contribution in [0.2, 0.25) is 5.02 Å². The third-order valence-corrected chi connectivity index (χ3v) is 4.24. The first-order valence-corrected chi connectivity index (χ1v) is 8.31. The van der Waals surface area contributed by atoms with E-state index in [4.69, 9.17) is 11.6 Å². The van der Waals surface area contributed by atoms with E-state index >= 15 is 0 Å². The quantitative estimate of drug-likeness (QED) is 0.758. The Labute approximate surface area is 151 Å². The van der Waals surface area contributed by atoms with Gasteiger partial charge in [-0.25, -0.2) is 4.68 Å². The van der Waals surface area contributed by atoms with E-state index in [2.05, 4.69) is 21.7 Å². The van der Waals surface area contributed by atoms with Gasteiger partial charge in [0.1, 0.15) is 0 Å². The zero-order valence-corrected chi connectivity index (χ0v) is 15.3. The van der Waals surface area contributed by atoms with E-state index in [-0.39, 0.29) is 5.91 Å². The van der Waals surface area contributed by atoms with Crippen LogP contribution in [-0.2, 0) is 0 Å². The van der Waals surface area contributed by atoms with Crippen molar-refractivity contribution in [1.29, 1.82) is 0 Å². The fraction of sp³-hybridized carbons (Fsp3) is 0.211. The maximum absolute atomic E-state index is 12.6. The molecule has 0 radical (unpaired) electrons. The predicted octanol–water partition coefficient (Wildman–Crippen LogP) is 4.41. The van der Waals surface area contributed by atoms with E-state index in [1.54, 1.807) is 16.8 Å². The monoisotopic (exact) mass is 354 g/mol. The standard InChI is InChI=1S/C19H19ClN4O/c1-11-7-12(2)9-16(8-11)24-14(4)18(22-23-24)19(25)21-17-10-15(20)6-5-13(17)3/h5-10H,1-4H3,(H,21,25). The van der Waals surface area contributed by atoms with E-state index in [0.29, 0.717) is 22.1 Å². The third kappa shape index (κ3) is 3.56. The van der Waals surface area contributed by atoms with Gasteiger partial charge in [0.2, 0.25) is 0 Å². The lowest BCUT2D eigenvalue weighted by Crippen LogP contribution is -2.15. The molecule has 3 rings (SSSR count). The van der Waals surface area contributed by atoms with Crippen LogP contribution in [0.25, 0.3) is 5.69 Å². The van der Waals surface area contributed by atoms with Crippen molar-refractivity contribution in [1.82, 2.24) is 15.0 Å². The summed E-state index contributed by atoms with van der Waals surface area (Å²) >= 11 is 6.01. The fourth-order valence-corrected chi connectivity index (χ4v) is 2.94. The molecule has 1 heterocycles. The second-order valence-electron chi connectivity index (χ2n) is 6.19. The zero-order chi connectivity index (χ0) is 18.1. The molecular weight excluding hydrogens is 336 g/mol. The Morgan fingerprint density at radius 1 is 1.04 bits per heavy atom. The van der Waals surface area contributed by atoms with E-state index in [1.165, 1.54) is 0 Å². The summed E-state index contributed by atoms with van der Waals surface area (Å²) in [5.41, 5.74) is 5.71. The number of hydrogen-bond acceptors (Lipinski definition) is 3. The van der Waals surface area contributed by atoms with Crippen LogP contribution in [0.1, 0.15) is 32.9 Å². The van der Waals surface area contributed by atoms with Crippen molar-refractivity contribution >= 4 is 23.2 Å². The summed E-state index contributed by atoms with van der Waals surface area (Å²) in [5.74, 6) is -0.307. The summed E-state index contributed by atoms with van der Waals surface area (Å²) in [6.45, 7) is 7.79. The molecule has 6 heteroatoms. The van der Waals surface area contributed by atoms with E-state index in [9.17, 15) is 4.79 Å². The van der Waals surface area contributed by atoms with Gasteiger partial charge in [0.05, 0.1) is 11.4 Å². The van der Waals surface area contributed by atoms with Gasteiger partial charge in [-0.2, -0.15) is 0 Å². The minimum atomic E-state index is -0.307. The van der Waals surface area contributed by atoms with E-state index < -0.39 is 0 Å². The lowest BCUT2D eigenvalue weighted by Gasteiger charge is -2.09. The lowest BCUT2D eigenvalue weighted by atomic mass is 10.1. The summed E-state index contributed by atoms with van der Waals surface area (Å²) in [4.78, 5) is 12.6. The molecule has 1 N–H and O–H groups in total. The number of aromatic nitrogens is 3. The van der Waals surface area contributed by atoms with Crippen molar-refractivity contribution < 1.29 is 4.79 Å². The highest BCUT2D eigenvalue weighted by Crippen LogP contribution is 2.22. The average Bonchev–Trinajstić information content (AvgIpc) is 2.91. The number of carbonyl (C=O) groups excluding carboxylic acids is 1. The van der Waals surface area contributed by atoms with Gasteiger partial charge < -0.3 is 5.32 Å².